The zero-order chi connectivity index (χ0) is 18.4. The predicted octanol–water partition coefficient (Wildman–Crippen LogP) is 2.21. The van der Waals surface area contributed by atoms with Crippen molar-refractivity contribution >= 4 is 23.6 Å². The Bertz CT molecular complexity index is 818. The maximum Gasteiger partial charge on any atom is 0.261 e. The van der Waals surface area contributed by atoms with Crippen molar-refractivity contribution < 1.29 is 19.2 Å². The fourth-order valence-electron chi connectivity index (χ4n) is 3.49. The number of amides is 4. The summed E-state index contributed by atoms with van der Waals surface area (Å²) in [7, 11) is 0. The van der Waals surface area contributed by atoms with E-state index in [0.29, 0.717) is 22.3 Å². The molecule has 2 aliphatic rings. The number of rotatable bonds is 4. The predicted molar refractivity (Wildman–Crippen MR) is 92.8 cm³/mol. The van der Waals surface area contributed by atoms with Gasteiger partial charge in [-0.1, -0.05) is 31.2 Å². The highest BCUT2D eigenvalue weighted by atomic mass is 16.2. The van der Waals surface area contributed by atoms with Crippen molar-refractivity contribution in [1.82, 2.24) is 9.80 Å². The van der Waals surface area contributed by atoms with Gasteiger partial charge in [-0.15, -0.1) is 0 Å². The molecule has 0 aliphatic carbocycles. The molecule has 4 rings (SSSR count). The first-order valence-corrected chi connectivity index (χ1v) is 8.39. The number of benzene rings is 2. The molecule has 0 saturated carbocycles. The molecule has 130 valence electrons. The SMILES string of the molecule is CC(CN1C(=O)c2ccccc2C1=O)CN1C(=O)c2ccccc2C1=O. The minimum Gasteiger partial charge on any atom is -0.274 e. The minimum atomic E-state index is -0.334. The van der Waals surface area contributed by atoms with Crippen LogP contribution in [0.3, 0.4) is 0 Å². The van der Waals surface area contributed by atoms with Gasteiger partial charge in [-0.25, -0.2) is 0 Å². The Morgan fingerprint density at radius 2 is 0.885 bits per heavy atom. The van der Waals surface area contributed by atoms with Crippen molar-refractivity contribution in [2.75, 3.05) is 13.1 Å². The second-order valence-electron chi connectivity index (χ2n) is 6.64. The first-order valence-electron chi connectivity index (χ1n) is 8.39. The molecule has 0 saturated heterocycles. The first kappa shape index (κ1) is 16.2. The molecule has 4 amide bonds. The summed E-state index contributed by atoms with van der Waals surface area (Å²) in [5.74, 6) is -1.57. The fourth-order valence-corrected chi connectivity index (χ4v) is 3.49. The number of hydrogen-bond donors (Lipinski definition) is 0. The number of fused-ring (bicyclic) bond motifs is 2. The summed E-state index contributed by atoms with van der Waals surface area (Å²) in [5, 5.41) is 0. The lowest BCUT2D eigenvalue weighted by Crippen LogP contribution is -2.40. The van der Waals surface area contributed by atoms with Crippen molar-refractivity contribution in [3.8, 4) is 0 Å². The van der Waals surface area contributed by atoms with E-state index in [1.54, 1.807) is 48.5 Å². The minimum absolute atomic E-state index is 0.153. The number of carbonyl (C=O) groups is 4. The molecule has 0 unspecified atom stereocenters. The lowest BCUT2D eigenvalue weighted by atomic mass is 10.1. The van der Waals surface area contributed by atoms with E-state index in [2.05, 4.69) is 0 Å². The summed E-state index contributed by atoms with van der Waals surface area (Å²) in [6.45, 7) is 2.12. The number of nitrogens with zero attached hydrogens (tertiary/aromatic N) is 2. The molecule has 6 heteroatoms. The Morgan fingerprint density at radius 1 is 0.615 bits per heavy atom. The quantitative estimate of drug-likeness (QED) is 0.794. The van der Waals surface area contributed by atoms with E-state index in [4.69, 9.17) is 0 Å². The van der Waals surface area contributed by atoms with E-state index in [1.165, 1.54) is 9.80 Å². The number of hydrogen-bond acceptors (Lipinski definition) is 4. The second-order valence-corrected chi connectivity index (χ2v) is 6.64. The van der Waals surface area contributed by atoms with Gasteiger partial charge in [0.1, 0.15) is 0 Å². The molecule has 2 aliphatic heterocycles. The van der Waals surface area contributed by atoms with Crippen molar-refractivity contribution in [2.45, 2.75) is 6.92 Å². The highest BCUT2D eigenvalue weighted by Gasteiger charge is 2.39. The van der Waals surface area contributed by atoms with Crippen molar-refractivity contribution in [3.63, 3.8) is 0 Å². The third kappa shape index (κ3) is 2.34. The van der Waals surface area contributed by atoms with Crippen LogP contribution in [-0.4, -0.2) is 46.5 Å². The fraction of sp³-hybridized carbons (Fsp3) is 0.200. The molecule has 0 aromatic heterocycles. The van der Waals surface area contributed by atoms with Crippen LogP contribution in [0, 0.1) is 5.92 Å². The van der Waals surface area contributed by atoms with Gasteiger partial charge in [-0.05, 0) is 30.2 Å². The van der Waals surface area contributed by atoms with E-state index in [9.17, 15) is 19.2 Å². The molecule has 6 nitrogen and oxygen atoms in total. The Balaban J connectivity index is 1.49. The van der Waals surface area contributed by atoms with Gasteiger partial charge in [0.25, 0.3) is 23.6 Å². The number of imide groups is 2. The Labute approximate surface area is 150 Å². The van der Waals surface area contributed by atoms with Crippen LogP contribution in [0.2, 0.25) is 0 Å². The van der Waals surface area contributed by atoms with Crippen molar-refractivity contribution in [3.05, 3.63) is 70.8 Å². The Hall–Kier alpha value is -3.28. The maximum absolute atomic E-state index is 12.4. The average molecular weight is 348 g/mol. The summed E-state index contributed by atoms with van der Waals surface area (Å²) >= 11 is 0. The van der Waals surface area contributed by atoms with Gasteiger partial charge in [0.15, 0.2) is 0 Å². The highest BCUT2D eigenvalue weighted by Crippen LogP contribution is 2.26. The van der Waals surface area contributed by atoms with Gasteiger partial charge in [0.2, 0.25) is 0 Å². The van der Waals surface area contributed by atoms with Crippen LogP contribution < -0.4 is 0 Å². The third-order valence-corrected chi connectivity index (χ3v) is 4.74. The van der Waals surface area contributed by atoms with E-state index in [1.807, 2.05) is 6.92 Å². The normalized spacial score (nSPS) is 15.9. The smallest absolute Gasteiger partial charge is 0.261 e. The third-order valence-electron chi connectivity index (χ3n) is 4.74. The van der Waals surface area contributed by atoms with E-state index < -0.39 is 0 Å². The molecular weight excluding hydrogens is 332 g/mol. The summed E-state index contributed by atoms with van der Waals surface area (Å²) in [4.78, 5) is 52.2. The lowest BCUT2D eigenvalue weighted by Gasteiger charge is -2.23. The molecule has 0 radical (unpaired) electrons. The largest absolute Gasteiger partial charge is 0.274 e. The topological polar surface area (TPSA) is 74.8 Å². The maximum atomic E-state index is 12.4. The molecule has 0 fully saturated rings. The van der Waals surface area contributed by atoms with Gasteiger partial charge < -0.3 is 0 Å². The van der Waals surface area contributed by atoms with Crippen LogP contribution in [0.4, 0.5) is 0 Å². The Morgan fingerprint density at radius 3 is 1.15 bits per heavy atom. The molecule has 0 atom stereocenters. The number of carbonyl (C=O) groups excluding carboxylic acids is 4. The zero-order valence-corrected chi connectivity index (χ0v) is 14.1. The summed E-state index contributed by atoms with van der Waals surface area (Å²) in [5.41, 5.74) is 1.58. The van der Waals surface area contributed by atoms with Crippen molar-refractivity contribution in [2.24, 2.45) is 5.92 Å². The molecule has 2 aromatic carbocycles. The molecule has 0 spiro atoms. The zero-order valence-electron chi connectivity index (χ0n) is 14.1. The van der Waals surface area contributed by atoms with Crippen molar-refractivity contribution in [1.29, 1.82) is 0 Å². The van der Waals surface area contributed by atoms with Gasteiger partial charge in [-0.2, -0.15) is 0 Å². The van der Waals surface area contributed by atoms with Gasteiger partial charge in [-0.3, -0.25) is 29.0 Å². The van der Waals surface area contributed by atoms with Crippen LogP contribution in [0.1, 0.15) is 48.4 Å². The first-order chi connectivity index (χ1) is 12.5. The molecule has 2 aromatic rings. The summed E-state index contributed by atoms with van der Waals surface area (Å²) < 4.78 is 0. The standard InChI is InChI=1S/C20H16N2O4/c1-12(10-21-17(23)13-6-2-3-7-14(13)18(21)24)11-22-19(25)15-8-4-5-9-16(15)20(22)26/h2-9,12H,10-11H2,1H3. The lowest BCUT2D eigenvalue weighted by molar-refractivity contribution is 0.0586. The monoisotopic (exact) mass is 348 g/mol. The van der Waals surface area contributed by atoms with Crippen LogP contribution in [0.25, 0.3) is 0 Å². The molecule has 26 heavy (non-hydrogen) atoms. The van der Waals surface area contributed by atoms with Crippen LogP contribution >= 0.6 is 0 Å². The van der Waals surface area contributed by atoms with Gasteiger partial charge in [0.05, 0.1) is 22.3 Å². The van der Waals surface area contributed by atoms with E-state index in [-0.39, 0.29) is 42.6 Å². The van der Waals surface area contributed by atoms with Gasteiger partial charge in [0, 0.05) is 13.1 Å². The van der Waals surface area contributed by atoms with Gasteiger partial charge >= 0.3 is 0 Å². The summed E-state index contributed by atoms with van der Waals surface area (Å²) in [6, 6.07) is 13.4. The van der Waals surface area contributed by atoms with Crippen LogP contribution in [-0.2, 0) is 0 Å². The summed E-state index contributed by atoms with van der Waals surface area (Å²) in [6.07, 6.45) is 0. The Kier molecular flexibility index (Phi) is 3.68. The molecule has 0 bridgehead atoms. The average Bonchev–Trinajstić information content (AvgIpc) is 3.03. The van der Waals surface area contributed by atoms with E-state index in [0.717, 1.165) is 0 Å². The van der Waals surface area contributed by atoms with Crippen LogP contribution in [0.15, 0.2) is 48.5 Å². The van der Waals surface area contributed by atoms with Crippen LogP contribution in [0.5, 0.6) is 0 Å². The highest BCUT2D eigenvalue weighted by molar-refractivity contribution is 6.22. The molecular formula is C20H16N2O4. The molecule has 0 N–H and O–H groups in total. The van der Waals surface area contributed by atoms with E-state index >= 15 is 0 Å². The molecule has 2 heterocycles. The second kappa shape index (κ2) is 5.91.